The summed E-state index contributed by atoms with van der Waals surface area (Å²) in [7, 11) is 0. The fraction of sp³-hybridized carbons (Fsp3) is 0.545. The van der Waals surface area contributed by atoms with Crippen molar-refractivity contribution in [3.05, 3.63) is 71.8 Å². The van der Waals surface area contributed by atoms with Gasteiger partial charge in [-0.3, -0.25) is 0 Å². The van der Waals surface area contributed by atoms with E-state index < -0.39 is 5.97 Å². The minimum atomic E-state index is -0.526. The van der Waals surface area contributed by atoms with Gasteiger partial charge in [-0.2, -0.15) is 0 Å². The largest absolute Gasteiger partial charge is 0.507 e. The Labute approximate surface area is 220 Å². The Morgan fingerprint density at radius 2 is 1.28 bits per heavy atom. The van der Waals surface area contributed by atoms with E-state index in [4.69, 9.17) is 4.74 Å². The normalized spacial score (nSPS) is 10.9. The van der Waals surface area contributed by atoms with E-state index >= 15 is 0 Å². The van der Waals surface area contributed by atoms with E-state index in [0.29, 0.717) is 17.7 Å². The van der Waals surface area contributed by atoms with Crippen molar-refractivity contribution in [3.63, 3.8) is 0 Å². The molecule has 2 aromatic carbocycles. The second-order valence-electron chi connectivity index (χ2n) is 10.0. The molecule has 1 N–H and O–H groups in total. The monoisotopic (exact) mass is 492 g/mol. The highest BCUT2D eigenvalue weighted by Crippen LogP contribution is 2.27. The molecule has 0 spiro atoms. The molecule has 0 amide bonds. The summed E-state index contributed by atoms with van der Waals surface area (Å²) in [4.78, 5) is 12.7. The summed E-state index contributed by atoms with van der Waals surface area (Å²) >= 11 is 0. The molecule has 3 heteroatoms. The topological polar surface area (TPSA) is 46.5 Å². The lowest BCUT2D eigenvalue weighted by atomic mass is 10.0. The van der Waals surface area contributed by atoms with Crippen LogP contribution in [0.2, 0.25) is 0 Å². The summed E-state index contributed by atoms with van der Waals surface area (Å²) in [5.41, 5.74) is 1.91. The molecule has 3 nitrogen and oxygen atoms in total. The number of allylic oxidation sites excluding steroid dienone is 1. The van der Waals surface area contributed by atoms with Gasteiger partial charge in [0.1, 0.15) is 17.1 Å². The van der Waals surface area contributed by atoms with E-state index in [1.54, 1.807) is 24.3 Å². The zero-order valence-corrected chi connectivity index (χ0v) is 22.6. The number of hydrogen-bond donors (Lipinski definition) is 1. The van der Waals surface area contributed by atoms with Crippen molar-refractivity contribution in [1.29, 1.82) is 0 Å². The number of esters is 1. The van der Waals surface area contributed by atoms with Gasteiger partial charge in [-0.05, 0) is 42.5 Å². The molecule has 0 aliphatic heterocycles. The molecule has 0 aliphatic rings. The molecule has 36 heavy (non-hydrogen) atoms. The van der Waals surface area contributed by atoms with Crippen LogP contribution in [-0.2, 0) is 12.8 Å². The lowest BCUT2D eigenvalue weighted by Gasteiger charge is -2.12. The minimum absolute atomic E-state index is 0.0257. The molecule has 2 aromatic rings. The SMILES string of the molecule is C=CCc1cccc(C(=O)Oc2ccccc2CCCCCCCCCCCCCCCCC)c1O. The minimum Gasteiger partial charge on any atom is -0.507 e. The molecule has 0 unspecified atom stereocenters. The lowest BCUT2D eigenvalue weighted by molar-refractivity contribution is 0.0729. The van der Waals surface area contributed by atoms with E-state index in [9.17, 15) is 9.90 Å². The Kier molecular flexibility index (Phi) is 15.4. The first-order valence-corrected chi connectivity index (χ1v) is 14.4. The highest BCUT2D eigenvalue weighted by molar-refractivity contribution is 5.94. The second kappa shape index (κ2) is 18.7. The molecule has 0 aliphatic carbocycles. The Balaban J connectivity index is 1.62. The van der Waals surface area contributed by atoms with Gasteiger partial charge in [0.05, 0.1) is 0 Å². The highest BCUT2D eigenvalue weighted by Gasteiger charge is 2.17. The van der Waals surface area contributed by atoms with Gasteiger partial charge >= 0.3 is 5.97 Å². The molecule has 198 valence electrons. The van der Waals surface area contributed by atoms with E-state index in [0.717, 1.165) is 18.4 Å². The number of benzene rings is 2. The highest BCUT2D eigenvalue weighted by atomic mass is 16.5. The molecular weight excluding hydrogens is 444 g/mol. The molecule has 2 rings (SSSR count). The Morgan fingerprint density at radius 1 is 0.750 bits per heavy atom. The van der Waals surface area contributed by atoms with Crippen LogP contribution in [0.3, 0.4) is 0 Å². The van der Waals surface area contributed by atoms with Gasteiger partial charge in [-0.25, -0.2) is 4.79 Å². The smallest absolute Gasteiger partial charge is 0.347 e. The van der Waals surface area contributed by atoms with Crippen molar-refractivity contribution >= 4 is 5.97 Å². The first-order valence-electron chi connectivity index (χ1n) is 14.4. The van der Waals surface area contributed by atoms with Gasteiger partial charge in [-0.1, -0.05) is 133 Å². The molecule has 0 saturated heterocycles. The number of phenolic OH excluding ortho intramolecular Hbond substituents is 1. The molecule has 0 aromatic heterocycles. The van der Waals surface area contributed by atoms with Crippen LogP contribution in [0.4, 0.5) is 0 Å². The van der Waals surface area contributed by atoms with Gasteiger partial charge in [0.15, 0.2) is 0 Å². The summed E-state index contributed by atoms with van der Waals surface area (Å²) in [6, 6.07) is 12.9. The maximum atomic E-state index is 12.7. The molecule has 0 heterocycles. The number of carbonyl (C=O) groups excluding carboxylic acids is 1. The van der Waals surface area contributed by atoms with Crippen molar-refractivity contribution in [1.82, 2.24) is 0 Å². The fourth-order valence-corrected chi connectivity index (χ4v) is 4.73. The van der Waals surface area contributed by atoms with Crippen LogP contribution in [-0.4, -0.2) is 11.1 Å². The number of phenols is 1. The summed E-state index contributed by atoms with van der Waals surface area (Å²) in [6.45, 7) is 5.98. The van der Waals surface area contributed by atoms with Crippen LogP contribution in [0.25, 0.3) is 0 Å². The molecule has 0 saturated carbocycles. The molecule has 0 atom stereocenters. The third-order valence-electron chi connectivity index (χ3n) is 6.93. The number of rotatable bonds is 20. The van der Waals surface area contributed by atoms with Gasteiger partial charge < -0.3 is 9.84 Å². The van der Waals surface area contributed by atoms with E-state index in [1.165, 1.54) is 89.9 Å². The van der Waals surface area contributed by atoms with Crippen molar-refractivity contribution in [2.75, 3.05) is 0 Å². The maximum Gasteiger partial charge on any atom is 0.347 e. The predicted molar refractivity (Wildman–Crippen MR) is 152 cm³/mol. The van der Waals surface area contributed by atoms with Crippen molar-refractivity contribution < 1.29 is 14.6 Å². The number of carbonyl (C=O) groups is 1. The molecular formula is C33H48O3. The zero-order chi connectivity index (χ0) is 25.8. The number of para-hydroxylation sites is 2. The van der Waals surface area contributed by atoms with E-state index in [-0.39, 0.29) is 11.3 Å². The molecule has 0 bridgehead atoms. The third-order valence-corrected chi connectivity index (χ3v) is 6.93. The van der Waals surface area contributed by atoms with Crippen molar-refractivity contribution in [2.24, 2.45) is 0 Å². The molecule has 0 radical (unpaired) electrons. The second-order valence-corrected chi connectivity index (χ2v) is 10.0. The van der Waals surface area contributed by atoms with Crippen LogP contribution in [0, 0.1) is 0 Å². The van der Waals surface area contributed by atoms with Crippen molar-refractivity contribution in [2.45, 2.75) is 116 Å². The predicted octanol–water partition coefficient (Wildman–Crippen LogP) is 9.75. The number of ether oxygens (including phenoxy) is 1. The average Bonchev–Trinajstić information content (AvgIpc) is 2.88. The summed E-state index contributed by atoms with van der Waals surface area (Å²) in [6.07, 6.45) is 23.3. The van der Waals surface area contributed by atoms with Gasteiger partial charge in [0, 0.05) is 0 Å². The van der Waals surface area contributed by atoms with Crippen LogP contribution in [0.1, 0.15) is 125 Å². The van der Waals surface area contributed by atoms with Crippen LogP contribution < -0.4 is 4.74 Å². The number of hydrogen-bond acceptors (Lipinski definition) is 3. The first-order chi connectivity index (χ1) is 17.7. The molecule has 0 fully saturated rings. The average molecular weight is 493 g/mol. The quantitative estimate of drug-likeness (QED) is 0.0866. The zero-order valence-electron chi connectivity index (χ0n) is 22.6. The fourth-order valence-electron chi connectivity index (χ4n) is 4.73. The Hall–Kier alpha value is -2.55. The summed E-state index contributed by atoms with van der Waals surface area (Å²) < 4.78 is 5.70. The van der Waals surface area contributed by atoms with Gasteiger partial charge in [-0.15, -0.1) is 6.58 Å². The Morgan fingerprint density at radius 3 is 1.86 bits per heavy atom. The maximum absolute atomic E-state index is 12.7. The summed E-state index contributed by atoms with van der Waals surface area (Å²) in [5.74, 6) is 0.0334. The third kappa shape index (κ3) is 11.5. The first kappa shape index (κ1) is 29.7. The van der Waals surface area contributed by atoms with E-state index in [2.05, 4.69) is 13.5 Å². The standard InChI is InChI=1S/C33H48O3/c1-3-5-6-7-8-9-10-11-12-13-14-15-16-17-18-23-28-24-19-20-27-31(28)36-33(35)30-26-21-25-29(22-4-2)32(30)34/h4,19-21,24-27,34H,2-3,5-18,22-23H2,1H3. The van der Waals surface area contributed by atoms with Crippen LogP contribution in [0.5, 0.6) is 11.5 Å². The number of aromatic hydroxyl groups is 1. The summed E-state index contributed by atoms with van der Waals surface area (Å²) in [5, 5.41) is 10.4. The lowest BCUT2D eigenvalue weighted by Crippen LogP contribution is -2.11. The van der Waals surface area contributed by atoms with Gasteiger partial charge in [0.2, 0.25) is 0 Å². The van der Waals surface area contributed by atoms with Gasteiger partial charge in [0.25, 0.3) is 0 Å². The number of unbranched alkanes of at least 4 members (excludes halogenated alkanes) is 14. The van der Waals surface area contributed by atoms with Crippen LogP contribution in [0.15, 0.2) is 55.1 Å². The van der Waals surface area contributed by atoms with E-state index in [1.807, 2.05) is 24.3 Å². The van der Waals surface area contributed by atoms with Crippen molar-refractivity contribution in [3.8, 4) is 11.5 Å². The van der Waals surface area contributed by atoms with Crippen LogP contribution >= 0.6 is 0 Å². The Bertz CT molecular complexity index is 886. The number of aryl methyl sites for hydroxylation is 1.